The number of ether oxygens (including phenoxy) is 3. The fourth-order valence-electron chi connectivity index (χ4n) is 4.79. The Kier molecular flexibility index (Phi) is 11.5. The number of aromatic nitrogens is 1. The monoisotopic (exact) mass is 641 g/mol. The van der Waals surface area contributed by atoms with Crippen molar-refractivity contribution in [1.82, 2.24) is 4.57 Å². The SMILES string of the molecule is CCC(C(=O)Cc1ccc(C(=O)OC[C@H](N)C(=O)OCc2ccccc2)cc1)n1cc(OC)c(-c2cc(Cl)ccc2C#N)cc1=O. The summed E-state index contributed by atoms with van der Waals surface area (Å²) in [6, 6.07) is 21.6. The van der Waals surface area contributed by atoms with Gasteiger partial charge in [-0.15, -0.1) is 0 Å². The standard InChI is InChI=1S/C35H32ClN3O7/c1-3-30(39-19-32(44-2)28(17-33(39)41)27-16-26(36)14-13-25(27)18-37)31(40)15-22-9-11-24(12-10-22)34(42)46-21-29(38)35(43)45-20-23-7-5-4-6-8-23/h4-14,16-17,19,29-30H,3,15,20-21,38H2,1-2H3/t29-,30?/m0/s1. The third-order valence-electron chi connectivity index (χ3n) is 7.24. The quantitative estimate of drug-likeness (QED) is 0.198. The van der Waals surface area contributed by atoms with Crippen LogP contribution in [0.1, 0.15) is 46.4 Å². The maximum absolute atomic E-state index is 13.4. The number of rotatable bonds is 13. The maximum atomic E-state index is 13.4. The first-order valence-electron chi connectivity index (χ1n) is 14.4. The number of pyridine rings is 1. The number of esters is 2. The number of halogens is 1. The highest BCUT2D eigenvalue weighted by Crippen LogP contribution is 2.33. The molecule has 1 unspecified atom stereocenters. The Morgan fingerprint density at radius 3 is 2.33 bits per heavy atom. The fraction of sp³-hybridized carbons (Fsp3) is 0.229. The Morgan fingerprint density at radius 2 is 1.67 bits per heavy atom. The highest BCUT2D eigenvalue weighted by atomic mass is 35.5. The molecule has 0 amide bonds. The van der Waals surface area contributed by atoms with Crippen molar-refractivity contribution >= 4 is 29.3 Å². The minimum atomic E-state index is -1.15. The van der Waals surface area contributed by atoms with Gasteiger partial charge in [0.15, 0.2) is 5.78 Å². The number of Topliss-reactive ketones (excluding diaryl/α,β-unsaturated/α-hetero) is 1. The number of hydrogen-bond donors (Lipinski definition) is 1. The lowest BCUT2D eigenvalue weighted by atomic mass is 9.98. The lowest BCUT2D eigenvalue weighted by Crippen LogP contribution is -2.37. The van der Waals surface area contributed by atoms with Gasteiger partial charge in [0.1, 0.15) is 25.0 Å². The molecule has 0 aliphatic heterocycles. The molecule has 3 aromatic carbocycles. The maximum Gasteiger partial charge on any atom is 0.338 e. The molecule has 10 nitrogen and oxygen atoms in total. The molecule has 0 radical (unpaired) electrons. The van der Waals surface area contributed by atoms with E-state index >= 15 is 0 Å². The Bertz CT molecular complexity index is 1820. The van der Waals surface area contributed by atoms with Gasteiger partial charge in [0, 0.05) is 28.6 Å². The Labute approximate surface area is 270 Å². The molecule has 4 rings (SSSR count). The van der Waals surface area contributed by atoms with Crippen molar-refractivity contribution < 1.29 is 28.6 Å². The van der Waals surface area contributed by atoms with Crippen LogP contribution in [0.15, 0.2) is 89.9 Å². The van der Waals surface area contributed by atoms with Gasteiger partial charge in [-0.25, -0.2) is 4.79 Å². The van der Waals surface area contributed by atoms with Crippen LogP contribution in [0.5, 0.6) is 5.75 Å². The zero-order chi connectivity index (χ0) is 33.2. The number of nitriles is 1. The van der Waals surface area contributed by atoms with Crippen LogP contribution in [0.4, 0.5) is 0 Å². The minimum Gasteiger partial charge on any atom is -0.495 e. The summed E-state index contributed by atoms with van der Waals surface area (Å²) in [6.07, 6.45) is 1.79. The zero-order valence-corrected chi connectivity index (χ0v) is 26.0. The van der Waals surface area contributed by atoms with Crippen LogP contribution in [-0.2, 0) is 32.1 Å². The third-order valence-corrected chi connectivity index (χ3v) is 7.47. The van der Waals surface area contributed by atoms with Crippen molar-refractivity contribution in [3.8, 4) is 22.9 Å². The number of ketones is 1. The normalized spacial score (nSPS) is 12.0. The number of nitrogens with two attached hydrogens (primary N) is 1. The Morgan fingerprint density at radius 1 is 0.957 bits per heavy atom. The van der Waals surface area contributed by atoms with Crippen molar-refractivity contribution in [2.24, 2.45) is 5.73 Å². The van der Waals surface area contributed by atoms with Gasteiger partial charge >= 0.3 is 11.9 Å². The first kappa shape index (κ1) is 33.6. The van der Waals surface area contributed by atoms with E-state index in [-0.39, 0.29) is 31.0 Å². The predicted molar refractivity (Wildman–Crippen MR) is 171 cm³/mol. The molecule has 236 valence electrons. The summed E-state index contributed by atoms with van der Waals surface area (Å²) >= 11 is 6.15. The number of carbonyl (C=O) groups is 3. The molecule has 0 saturated carbocycles. The Hall–Kier alpha value is -5.24. The average molecular weight is 642 g/mol. The third kappa shape index (κ3) is 8.27. The molecule has 0 bridgehead atoms. The summed E-state index contributed by atoms with van der Waals surface area (Å²) in [5.41, 5.74) is 8.16. The topological polar surface area (TPSA) is 151 Å². The van der Waals surface area contributed by atoms with Gasteiger partial charge in [-0.3, -0.25) is 14.4 Å². The summed E-state index contributed by atoms with van der Waals surface area (Å²) in [5, 5.41) is 9.95. The van der Waals surface area contributed by atoms with Gasteiger partial charge in [0.25, 0.3) is 5.56 Å². The molecule has 0 saturated heterocycles. The minimum absolute atomic E-state index is 0.00462. The van der Waals surface area contributed by atoms with E-state index in [4.69, 9.17) is 31.5 Å². The lowest BCUT2D eigenvalue weighted by Gasteiger charge is -2.20. The second kappa shape index (κ2) is 15.7. The molecule has 0 aliphatic rings. The Balaban J connectivity index is 1.39. The van der Waals surface area contributed by atoms with Crippen LogP contribution in [0.25, 0.3) is 11.1 Å². The van der Waals surface area contributed by atoms with E-state index in [1.165, 1.54) is 36.1 Å². The summed E-state index contributed by atoms with van der Waals surface area (Å²) in [4.78, 5) is 51.3. The van der Waals surface area contributed by atoms with Crippen molar-refractivity contribution in [2.45, 2.75) is 38.5 Å². The van der Waals surface area contributed by atoms with E-state index in [9.17, 15) is 24.4 Å². The van der Waals surface area contributed by atoms with Crippen LogP contribution in [0, 0.1) is 11.3 Å². The van der Waals surface area contributed by atoms with E-state index in [1.807, 2.05) is 30.3 Å². The molecule has 2 atom stereocenters. The number of benzene rings is 3. The van der Waals surface area contributed by atoms with E-state index in [1.54, 1.807) is 37.3 Å². The van der Waals surface area contributed by atoms with E-state index < -0.39 is 29.6 Å². The van der Waals surface area contributed by atoms with Gasteiger partial charge < -0.3 is 24.5 Å². The molecular weight excluding hydrogens is 610 g/mol. The molecule has 11 heteroatoms. The van der Waals surface area contributed by atoms with Gasteiger partial charge in [-0.2, -0.15) is 5.26 Å². The smallest absolute Gasteiger partial charge is 0.338 e. The van der Waals surface area contributed by atoms with Crippen LogP contribution in [0.3, 0.4) is 0 Å². The second-order valence-electron chi connectivity index (χ2n) is 10.4. The molecule has 2 N–H and O–H groups in total. The van der Waals surface area contributed by atoms with Gasteiger partial charge in [-0.1, -0.05) is 61.0 Å². The number of methoxy groups -OCH3 is 1. The molecule has 1 aromatic heterocycles. The zero-order valence-electron chi connectivity index (χ0n) is 25.3. The van der Waals surface area contributed by atoms with E-state index in [0.717, 1.165) is 5.56 Å². The van der Waals surface area contributed by atoms with Crippen molar-refractivity contribution in [2.75, 3.05) is 13.7 Å². The van der Waals surface area contributed by atoms with Crippen LogP contribution in [0.2, 0.25) is 5.02 Å². The van der Waals surface area contributed by atoms with Crippen molar-refractivity contribution in [3.05, 3.63) is 123 Å². The lowest BCUT2D eigenvalue weighted by molar-refractivity contribution is -0.147. The van der Waals surface area contributed by atoms with Gasteiger partial charge in [0.2, 0.25) is 0 Å². The largest absolute Gasteiger partial charge is 0.495 e. The first-order chi connectivity index (χ1) is 22.1. The molecule has 0 aliphatic carbocycles. The number of nitrogens with zero attached hydrogens (tertiary/aromatic N) is 2. The number of hydrogen-bond acceptors (Lipinski definition) is 9. The molecule has 1 heterocycles. The predicted octanol–water partition coefficient (Wildman–Crippen LogP) is 5.04. The fourth-order valence-corrected chi connectivity index (χ4v) is 4.96. The number of carbonyl (C=O) groups excluding carboxylic acids is 3. The van der Waals surface area contributed by atoms with E-state index in [0.29, 0.717) is 39.4 Å². The summed E-state index contributed by atoms with van der Waals surface area (Å²) in [7, 11) is 1.44. The second-order valence-corrected chi connectivity index (χ2v) is 10.8. The van der Waals surface area contributed by atoms with Crippen LogP contribution >= 0.6 is 11.6 Å². The molecule has 0 spiro atoms. The molecule has 0 fully saturated rings. The van der Waals surface area contributed by atoms with Gasteiger partial charge in [0.05, 0.1) is 36.5 Å². The first-order valence-corrected chi connectivity index (χ1v) is 14.8. The average Bonchev–Trinajstić information content (AvgIpc) is 3.07. The van der Waals surface area contributed by atoms with Crippen LogP contribution < -0.4 is 16.0 Å². The summed E-state index contributed by atoms with van der Waals surface area (Å²) < 4.78 is 17.2. The molecule has 46 heavy (non-hydrogen) atoms. The van der Waals surface area contributed by atoms with E-state index in [2.05, 4.69) is 6.07 Å². The summed E-state index contributed by atoms with van der Waals surface area (Å²) in [6.45, 7) is 1.48. The van der Waals surface area contributed by atoms with Crippen molar-refractivity contribution in [3.63, 3.8) is 0 Å². The van der Waals surface area contributed by atoms with Crippen molar-refractivity contribution in [1.29, 1.82) is 5.26 Å². The molecule has 4 aromatic rings. The van der Waals surface area contributed by atoms with Crippen LogP contribution in [-0.4, -0.2) is 42.0 Å². The molecular formula is C35H32ClN3O7. The highest BCUT2D eigenvalue weighted by Gasteiger charge is 2.23. The van der Waals surface area contributed by atoms with Gasteiger partial charge in [-0.05, 0) is 47.9 Å². The summed E-state index contributed by atoms with van der Waals surface area (Å²) in [5.74, 6) is -1.31. The highest BCUT2D eigenvalue weighted by molar-refractivity contribution is 6.31.